The van der Waals surface area contributed by atoms with Crippen LogP contribution in [0.3, 0.4) is 0 Å². The number of benzene rings is 2. The molecule has 0 fully saturated rings. The van der Waals surface area contributed by atoms with Crippen LogP contribution < -0.4 is 0 Å². The zero-order valence-corrected chi connectivity index (χ0v) is 14.2. The van der Waals surface area contributed by atoms with Crippen molar-refractivity contribution >= 4 is 35.4 Å². The van der Waals surface area contributed by atoms with Gasteiger partial charge in [-0.25, -0.2) is 14.2 Å². The maximum absolute atomic E-state index is 12.9. The van der Waals surface area contributed by atoms with E-state index < -0.39 is 5.97 Å². The second-order valence-electron chi connectivity index (χ2n) is 4.94. The molecule has 2 N–H and O–H groups in total. The first-order valence-corrected chi connectivity index (χ1v) is 8.27. The van der Waals surface area contributed by atoms with E-state index in [9.17, 15) is 14.3 Å². The van der Waals surface area contributed by atoms with Crippen LogP contribution in [-0.4, -0.2) is 26.3 Å². The van der Waals surface area contributed by atoms with Gasteiger partial charge in [0.15, 0.2) is 5.82 Å². The highest BCUT2D eigenvalue weighted by molar-refractivity contribution is 8.04. The number of halogens is 2. The third kappa shape index (κ3) is 4.46. The second kappa shape index (κ2) is 7.50. The fraction of sp³-hybridized carbons (Fsp3) is 0. The lowest BCUT2D eigenvalue weighted by molar-refractivity contribution is -0.131. The van der Waals surface area contributed by atoms with Crippen molar-refractivity contribution in [2.45, 2.75) is 5.16 Å². The van der Waals surface area contributed by atoms with Gasteiger partial charge in [0, 0.05) is 10.6 Å². The molecule has 0 atom stereocenters. The highest BCUT2D eigenvalue weighted by atomic mass is 35.5. The summed E-state index contributed by atoms with van der Waals surface area (Å²) in [6.45, 7) is 0. The number of thioether (sulfide) groups is 1. The van der Waals surface area contributed by atoms with Crippen LogP contribution >= 0.6 is 23.4 Å². The molecule has 1 heterocycles. The molecule has 0 amide bonds. The molecule has 0 aliphatic carbocycles. The number of aromatic nitrogens is 3. The Morgan fingerprint density at radius 2 is 1.84 bits per heavy atom. The van der Waals surface area contributed by atoms with E-state index in [2.05, 4.69) is 15.2 Å². The average Bonchev–Trinajstić information content (AvgIpc) is 3.05. The van der Waals surface area contributed by atoms with Crippen molar-refractivity contribution in [2.75, 3.05) is 0 Å². The Balaban J connectivity index is 1.82. The maximum Gasteiger partial charge on any atom is 0.342 e. The third-order valence-electron chi connectivity index (χ3n) is 3.16. The number of nitrogens with zero attached hydrogens (tertiary/aromatic N) is 2. The molecular formula is C17H11ClFN3O2S. The van der Waals surface area contributed by atoms with Crippen LogP contribution in [0.4, 0.5) is 4.39 Å². The van der Waals surface area contributed by atoms with Crippen molar-refractivity contribution in [3.63, 3.8) is 0 Å². The minimum absolute atomic E-state index is 0.0215. The zero-order chi connectivity index (χ0) is 17.8. The van der Waals surface area contributed by atoms with Crippen LogP contribution in [0, 0.1) is 5.82 Å². The molecule has 0 radical (unpaired) electrons. The number of hydrogen-bond acceptors (Lipinski definition) is 4. The standard InChI is InChI=1S/C17H11ClFN3O2S/c18-12-5-3-11(4-6-12)15-20-17(22-21-15)25-14(16(23)24)9-10-1-7-13(19)8-2-10/h1-9H,(H,23,24)(H,20,21,22)/b14-9-. The molecule has 126 valence electrons. The monoisotopic (exact) mass is 375 g/mol. The largest absolute Gasteiger partial charge is 0.477 e. The molecule has 0 aliphatic heterocycles. The van der Waals surface area contributed by atoms with Crippen LogP contribution in [0.15, 0.2) is 58.6 Å². The Labute approximate surface area is 151 Å². The van der Waals surface area contributed by atoms with Crippen molar-refractivity contribution in [3.05, 3.63) is 69.8 Å². The minimum atomic E-state index is -1.12. The fourth-order valence-electron chi connectivity index (χ4n) is 1.97. The molecule has 0 unspecified atom stereocenters. The zero-order valence-electron chi connectivity index (χ0n) is 12.6. The number of H-pyrrole nitrogens is 1. The van der Waals surface area contributed by atoms with Gasteiger partial charge >= 0.3 is 5.97 Å². The molecule has 3 aromatic rings. The first kappa shape index (κ1) is 17.2. The Morgan fingerprint density at radius 1 is 1.16 bits per heavy atom. The predicted octanol–water partition coefficient (Wildman–Crippen LogP) is 4.48. The molecule has 0 bridgehead atoms. The minimum Gasteiger partial charge on any atom is -0.477 e. The Bertz CT molecular complexity index is 924. The normalized spacial score (nSPS) is 11.5. The van der Waals surface area contributed by atoms with Gasteiger partial charge < -0.3 is 5.11 Å². The van der Waals surface area contributed by atoms with Gasteiger partial charge in [0.1, 0.15) is 10.7 Å². The van der Waals surface area contributed by atoms with Gasteiger partial charge in [-0.1, -0.05) is 23.7 Å². The molecule has 5 nitrogen and oxygen atoms in total. The topological polar surface area (TPSA) is 78.9 Å². The van der Waals surface area contributed by atoms with Crippen molar-refractivity contribution in [2.24, 2.45) is 0 Å². The average molecular weight is 376 g/mol. The number of carboxylic acid groups (broad SMARTS) is 1. The molecule has 8 heteroatoms. The number of nitrogens with one attached hydrogen (secondary N) is 1. The van der Waals surface area contributed by atoms with Gasteiger partial charge in [0.25, 0.3) is 0 Å². The molecule has 2 aromatic carbocycles. The van der Waals surface area contributed by atoms with Gasteiger partial charge in [-0.15, -0.1) is 5.10 Å². The molecular weight excluding hydrogens is 365 g/mol. The molecule has 0 saturated heterocycles. The smallest absolute Gasteiger partial charge is 0.342 e. The van der Waals surface area contributed by atoms with Gasteiger partial charge in [0.05, 0.1) is 0 Å². The van der Waals surface area contributed by atoms with Gasteiger partial charge in [-0.2, -0.15) is 0 Å². The SMILES string of the molecule is O=C(O)/C(=C/c1ccc(F)cc1)Sc1n[nH]c(-c2ccc(Cl)cc2)n1. The van der Waals surface area contributed by atoms with Crippen molar-refractivity contribution in [1.82, 2.24) is 15.2 Å². The van der Waals surface area contributed by atoms with Crippen LogP contribution in [0.25, 0.3) is 17.5 Å². The van der Waals surface area contributed by atoms with Crippen LogP contribution in [0.5, 0.6) is 0 Å². The van der Waals surface area contributed by atoms with Crippen LogP contribution in [0.1, 0.15) is 5.56 Å². The molecule has 0 spiro atoms. The van der Waals surface area contributed by atoms with Crippen molar-refractivity contribution < 1.29 is 14.3 Å². The van der Waals surface area contributed by atoms with E-state index in [0.717, 1.165) is 17.3 Å². The van der Waals surface area contributed by atoms with Gasteiger partial charge in [0.2, 0.25) is 5.16 Å². The first-order chi connectivity index (χ1) is 12.0. The summed E-state index contributed by atoms with van der Waals surface area (Å²) in [6.07, 6.45) is 1.44. The van der Waals surface area contributed by atoms with Crippen molar-refractivity contribution in [3.8, 4) is 11.4 Å². The lowest BCUT2D eigenvalue weighted by atomic mass is 10.2. The quantitative estimate of drug-likeness (QED) is 0.507. The lowest BCUT2D eigenvalue weighted by Gasteiger charge is -1.99. The third-order valence-corrected chi connectivity index (χ3v) is 4.29. The Morgan fingerprint density at radius 3 is 2.48 bits per heavy atom. The highest BCUT2D eigenvalue weighted by Crippen LogP contribution is 2.27. The number of rotatable bonds is 5. The molecule has 25 heavy (non-hydrogen) atoms. The summed E-state index contributed by atoms with van der Waals surface area (Å²) >= 11 is 6.75. The summed E-state index contributed by atoms with van der Waals surface area (Å²) < 4.78 is 12.9. The number of carboxylic acids is 1. The maximum atomic E-state index is 12.9. The van der Waals surface area contributed by atoms with E-state index in [4.69, 9.17) is 11.6 Å². The van der Waals surface area contributed by atoms with E-state index >= 15 is 0 Å². The Hall–Kier alpha value is -2.64. The van der Waals surface area contributed by atoms with E-state index in [0.29, 0.717) is 16.4 Å². The number of aromatic amines is 1. The van der Waals surface area contributed by atoms with E-state index in [1.165, 1.54) is 30.3 Å². The number of aliphatic carboxylic acids is 1. The molecule has 3 rings (SSSR count). The lowest BCUT2D eigenvalue weighted by Crippen LogP contribution is -1.97. The van der Waals surface area contributed by atoms with Crippen molar-refractivity contribution in [1.29, 1.82) is 0 Å². The predicted molar refractivity (Wildman–Crippen MR) is 94.7 cm³/mol. The van der Waals surface area contributed by atoms with E-state index in [1.807, 2.05) is 0 Å². The van der Waals surface area contributed by atoms with Crippen LogP contribution in [0.2, 0.25) is 5.02 Å². The molecule has 0 saturated carbocycles. The highest BCUT2D eigenvalue weighted by Gasteiger charge is 2.14. The van der Waals surface area contributed by atoms with E-state index in [-0.39, 0.29) is 15.9 Å². The number of carbonyl (C=O) groups is 1. The molecule has 1 aromatic heterocycles. The van der Waals surface area contributed by atoms with Gasteiger partial charge in [-0.05, 0) is 59.8 Å². The summed E-state index contributed by atoms with van der Waals surface area (Å²) in [5, 5.41) is 17.0. The number of hydrogen-bond donors (Lipinski definition) is 2. The fourth-order valence-corrected chi connectivity index (χ4v) is 2.81. The summed E-state index contributed by atoms with van der Waals surface area (Å²) in [7, 11) is 0. The summed E-state index contributed by atoms with van der Waals surface area (Å²) in [5.74, 6) is -0.999. The summed E-state index contributed by atoms with van der Waals surface area (Å²) in [4.78, 5) is 15.7. The van der Waals surface area contributed by atoms with E-state index in [1.54, 1.807) is 24.3 Å². The second-order valence-corrected chi connectivity index (χ2v) is 6.39. The van der Waals surface area contributed by atoms with Crippen LogP contribution in [-0.2, 0) is 4.79 Å². The summed E-state index contributed by atoms with van der Waals surface area (Å²) in [5.41, 5.74) is 1.35. The Kier molecular flexibility index (Phi) is 5.16. The first-order valence-electron chi connectivity index (χ1n) is 7.08. The molecule has 0 aliphatic rings. The summed E-state index contributed by atoms with van der Waals surface area (Å²) in [6, 6.07) is 12.5. The van der Waals surface area contributed by atoms with Gasteiger partial charge in [-0.3, -0.25) is 5.10 Å².